The Morgan fingerprint density at radius 3 is 2.65 bits per heavy atom. The summed E-state index contributed by atoms with van der Waals surface area (Å²) in [5, 5.41) is 13.0. The lowest BCUT2D eigenvalue weighted by molar-refractivity contribution is -0.147. The van der Waals surface area contributed by atoms with Crippen molar-refractivity contribution < 1.29 is 9.90 Å². The van der Waals surface area contributed by atoms with E-state index in [1.165, 1.54) is 12.8 Å². The third-order valence-corrected chi connectivity index (χ3v) is 4.87. The Balaban J connectivity index is 2.04. The number of likely N-dealkylation sites (N-methyl/N-ethyl adjacent to an activating group) is 3. The second-order valence-electron chi connectivity index (χ2n) is 6.55. The summed E-state index contributed by atoms with van der Waals surface area (Å²) in [5.41, 5.74) is -0.750. The summed E-state index contributed by atoms with van der Waals surface area (Å²) in [7, 11) is 4.23. The molecule has 0 bridgehead atoms. The van der Waals surface area contributed by atoms with Crippen LogP contribution in [0, 0.1) is 5.92 Å². The monoisotopic (exact) mass is 283 g/mol. The van der Waals surface area contributed by atoms with Crippen LogP contribution in [-0.2, 0) is 4.79 Å². The van der Waals surface area contributed by atoms with Crippen LogP contribution >= 0.6 is 0 Å². The van der Waals surface area contributed by atoms with Gasteiger partial charge in [0.05, 0.1) is 0 Å². The van der Waals surface area contributed by atoms with E-state index in [0.717, 1.165) is 25.9 Å². The van der Waals surface area contributed by atoms with Crippen LogP contribution in [0.25, 0.3) is 0 Å². The fraction of sp³-hybridized carbons (Fsp3) is 0.933. The maximum Gasteiger partial charge on any atom is 0.325 e. The van der Waals surface area contributed by atoms with Crippen molar-refractivity contribution in [3.63, 3.8) is 0 Å². The van der Waals surface area contributed by atoms with E-state index in [0.29, 0.717) is 25.0 Å². The summed E-state index contributed by atoms with van der Waals surface area (Å²) in [6, 6.07) is 0.477. The standard InChI is InChI=1S/C15H29N3O2/c1-4-16-15(14(19)20,12-7-8-12)11-18(3)13-6-5-9-17(2)10-13/h12-13,16H,4-11H2,1-3H3,(H,19,20). The SMILES string of the molecule is CCNC(CN(C)C1CCCN(C)C1)(C(=O)O)C1CC1. The Kier molecular flexibility index (Phi) is 5.04. The molecular weight excluding hydrogens is 254 g/mol. The molecule has 2 rings (SSSR count). The molecule has 20 heavy (non-hydrogen) atoms. The van der Waals surface area contributed by atoms with Gasteiger partial charge in [-0.3, -0.25) is 9.69 Å². The number of nitrogens with one attached hydrogen (secondary N) is 1. The van der Waals surface area contributed by atoms with Crippen LogP contribution in [0.15, 0.2) is 0 Å². The second-order valence-corrected chi connectivity index (χ2v) is 6.55. The molecule has 2 unspecified atom stereocenters. The summed E-state index contributed by atoms with van der Waals surface area (Å²) in [6.45, 7) is 5.52. The number of likely N-dealkylation sites (tertiary alicyclic amines) is 1. The smallest absolute Gasteiger partial charge is 0.325 e. The maximum absolute atomic E-state index is 11.9. The number of carboxylic acid groups (broad SMARTS) is 1. The molecule has 1 saturated carbocycles. The molecule has 0 amide bonds. The van der Waals surface area contributed by atoms with Crippen LogP contribution in [0.3, 0.4) is 0 Å². The van der Waals surface area contributed by atoms with Gasteiger partial charge in [-0.05, 0) is 58.8 Å². The van der Waals surface area contributed by atoms with Gasteiger partial charge in [-0.15, -0.1) is 0 Å². The van der Waals surface area contributed by atoms with Crippen LogP contribution in [0.2, 0.25) is 0 Å². The minimum absolute atomic E-state index is 0.295. The Bertz CT molecular complexity index is 346. The number of hydrogen-bond acceptors (Lipinski definition) is 4. The Labute approximate surface area is 122 Å². The van der Waals surface area contributed by atoms with Crippen LogP contribution in [0.1, 0.15) is 32.6 Å². The zero-order valence-electron chi connectivity index (χ0n) is 13.1. The van der Waals surface area contributed by atoms with E-state index in [-0.39, 0.29) is 0 Å². The first kappa shape index (κ1) is 15.7. The van der Waals surface area contributed by atoms with Crippen molar-refractivity contribution in [2.45, 2.75) is 44.2 Å². The quantitative estimate of drug-likeness (QED) is 0.726. The average molecular weight is 283 g/mol. The molecule has 5 heteroatoms. The van der Waals surface area contributed by atoms with Crippen molar-refractivity contribution in [2.24, 2.45) is 5.92 Å². The minimum Gasteiger partial charge on any atom is -0.480 e. The highest BCUT2D eigenvalue weighted by atomic mass is 16.4. The van der Waals surface area contributed by atoms with Gasteiger partial charge in [0.25, 0.3) is 0 Å². The molecule has 0 aromatic rings. The molecule has 1 heterocycles. The zero-order chi connectivity index (χ0) is 14.8. The van der Waals surface area contributed by atoms with Crippen LogP contribution in [0.4, 0.5) is 0 Å². The largest absolute Gasteiger partial charge is 0.480 e. The van der Waals surface area contributed by atoms with Crippen LogP contribution < -0.4 is 5.32 Å². The molecule has 1 saturated heterocycles. The first-order valence-corrected chi connectivity index (χ1v) is 7.86. The number of rotatable bonds is 7. The molecule has 1 aliphatic carbocycles. The molecule has 2 fully saturated rings. The highest BCUT2D eigenvalue weighted by molar-refractivity contribution is 5.80. The number of piperidine rings is 1. The van der Waals surface area contributed by atoms with Gasteiger partial charge in [0, 0.05) is 19.1 Å². The third-order valence-electron chi connectivity index (χ3n) is 4.87. The van der Waals surface area contributed by atoms with Gasteiger partial charge in [-0.1, -0.05) is 6.92 Å². The lowest BCUT2D eigenvalue weighted by Crippen LogP contribution is -2.62. The molecule has 0 aromatic heterocycles. The van der Waals surface area contributed by atoms with E-state index in [2.05, 4.69) is 29.2 Å². The summed E-state index contributed by atoms with van der Waals surface area (Å²) >= 11 is 0. The fourth-order valence-corrected chi connectivity index (χ4v) is 3.56. The summed E-state index contributed by atoms with van der Waals surface area (Å²) in [4.78, 5) is 16.5. The van der Waals surface area contributed by atoms with E-state index >= 15 is 0 Å². The van der Waals surface area contributed by atoms with E-state index in [1.807, 2.05) is 6.92 Å². The molecule has 0 radical (unpaired) electrons. The normalized spacial score (nSPS) is 27.5. The number of carboxylic acids is 1. The summed E-state index contributed by atoms with van der Waals surface area (Å²) in [5.74, 6) is -0.387. The van der Waals surface area contributed by atoms with Gasteiger partial charge in [-0.25, -0.2) is 0 Å². The highest BCUT2D eigenvalue weighted by Crippen LogP contribution is 2.40. The Hall–Kier alpha value is -0.650. The van der Waals surface area contributed by atoms with Gasteiger partial charge in [0.1, 0.15) is 5.54 Å². The van der Waals surface area contributed by atoms with E-state index in [9.17, 15) is 9.90 Å². The highest BCUT2D eigenvalue weighted by Gasteiger charge is 2.51. The van der Waals surface area contributed by atoms with Crippen molar-refractivity contribution >= 4 is 5.97 Å². The predicted molar refractivity (Wildman–Crippen MR) is 79.9 cm³/mol. The van der Waals surface area contributed by atoms with E-state index in [1.54, 1.807) is 0 Å². The molecule has 2 N–H and O–H groups in total. The molecule has 2 atom stereocenters. The molecule has 0 aromatic carbocycles. The maximum atomic E-state index is 11.9. The summed E-state index contributed by atoms with van der Waals surface area (Å²) < 4.78 is 0. The van der Waals surface area contributed by atoms with Crippen molar-refractivity contribution in [1.82, 2.24) is 15.1 Å². The predicted octanol–water partition coefficient (Wildman–Crippen LogP) is 0.855. The minimum atomic E-state index is -0.750. The lowest BCUT2D eigenvalue weighted by Gasteiger charge is -2.41. The number of hydrogen-bond donors (Lipinski definition) is 2. The second kappa shape index (κ2) is 6.41. The van der Waals surface area contributed by atoms with Gasteiger partial charge >= 0.3 is 5.97 Å². The molecule has 1 aliphatic heterocycles. The Morgan fingerprint density at radius 1 is 1.45 bits per heavy atom. The van der Waals surface area contributed by atoms with Gasteiger partial charge in [-0.2, -0.15) is 0 Å². The Morgan fingerprint density at radius 2 is 2.15 bits per heavy atom. The van der Waals surface area contributed by atoms with Gasteiger partial charge in [0.2, 0.25) is 0 Å². The molecule has 2 aliphatic rings. The van der Waals surface area contributed by atoms with Gasteiger partial charge < -0.3 is 15.3 Å². The lowest BCUT2D eigenvalue weighted by atomic mass is 9.91. The van der Waals surface area contributed by atoms with Crippen LogP contribution in [-0.4, -0.2) is 72.7 Å². The number of nitrogens with zero attached hydrogens (tertiary/aromatic N) is 2. The van der Waals surface area contributed by atoms with Crippen molar-refractivity contribution in [3.8, 4) is 0 Å². The van der Waals surface area contributed by atoms with E-state index < -0.39 is 11.5 Å². The molecule has 0 spiro atoms. The number of carbonyl (C=O) groups is 1. The average Bonchev–Trinajstić information content (AvgIpc) is 3.22. The van der Waals surface area contributed by atoms with Crippen molar-refractivity contribution in [2.75, 3.05) is 40.3 Å². The number of aliphatic carboxylic acids is 1. The third kappa shape index (κ3) is 3.32. The van der Waals surface area contributed by atoms with E-state index in [4.69, 9.17) is 0 Å². The van der Waals surface area contributed by atoms with Crippen molar-refractivity contribution in [3.05, 3.63) is 0 Å². The summed E-state index contributed by atoms with van der Waals surface area (Å²) in [6.07, 6.45) is 4.46. The molecule has 5 nitrogen and oxygen atoms in total. The first-order valence-electron chi connectivity index (χ1n) is 7.86. The first-order chi connectivity index (χ1) is 9.49. The van der Waals surface area contributed by atoms with Crippen molar-refractivity contribution in [1.29, 1.82) is 0 Å². The fourth-order valence-electron chi connectivity index (χ4n) is 3.56. The zero-order valence-corrected chi connectivity index (χ0v) is 13.1. The van der Waals surface area contributed by atoms with Crippen LogP contribution in [0.5, 0.6) is 0 Å². The molecular formula is C15H29N3O2. The topological polar surface area (TPSA) is 55.8 Å². The molecule has 116 valence electrons. The van der Waals surface area contributed by atoms with Gasteiger partial charge in [0.15, 0.2) is 0 Å².